The molecule has 5 rings (SSSR count). The minimum atomic E-state index is -3.81. The fourth-order valence-electron chi connectivity index (χ4n) is 4.60. The first-order valence-corrected chi connectivity index (χ1v) is 12.8. The summed E-state index contributed by atoms with van der Waals surface area (Å²) in [6.07, 6.45) is 0.663. The minimum absolute atomic E-state index is 0.103. The van der Waals surface area contributed by atoms with Gasteiger partial charge in [0.15, 0.2) is 0 Å². The van der Waals surface area contributed by atoms with Gasteiger partial charge in [0.2, 0.25) is 0 Å². The Bertz CT molecular complexity index is 1300. The van der Waals surface area contributed by atoms with E-state index in [2.05, 4.69) is 10.2 Å². The number of nitrogens with one attached hydrogen (secondary N) is 1. The normalized spacial score (nSPS) is 18.0. The molecule has 0 aliphatic carbocycles. The van der Waals surface area contributed by atoms with Crippen LogP contribution in [0.4, 0.5) is 17.1 Å². The molecule has 1 fully saturated rings. The Morgan fingerprint density at radius 1 is 0.971 bits per heavy atom. The van der Waals surface area contributed by atoms with Crippen molar-refractivity contribution in [2.75, 3.05) is 40.8 Å². The number of anilines is 3. The lowest BCUT2D eigenvalue weighted by Crippen LogP contribution is -2.36. The lowest BCUT2D eigenvalue weighted by Gasteiger charge is -2.28. The molecule has 34 heavy (non-hydrogen) atoms. The highest BCUT2D eigenvalue weighted by Crippen LogP contribution is 2.36. The molecular weight excluding hydrogens is 450 g/mol. The number of hydrogen-bond acceptors (Lipinski definition) is 5. The maximum absolute atomic E-state index is 13.5. The number of carbonyl (C=O) groups is 1. The largest absolute Gasteiger partial charge is 0.378 e. The Kier molecular flexibility index (Phi) is 6.02. The summed E-state index contributed by atoms with van der Waals surface area (Å²) >= 11 is 0. The fraction of sp³-hybridized carbons (Fsp3) is 0.269. The molecule has 8 heteroatoms. The summed E-state index contributed by atoms with van der Waals surface area (Å²) in [5, 5.41) is 2.87. The number of amides is 1. The van der Waals surface area contributed by atoms with E-state index in [1.165, 1.54) is 16.4 Å². The van der Waals surface area contributed by atoms with Crippen molar-refractivity contribution in [2.24, 2.45) is 0 Å². The maximum atomic E-state index is 13.5. The van der Waals surface area contributed by atoms with E-state index in [-0.39, 0.29) is 16.8 Å². The predicted molar refractivity (Wildman–Crippen MR) is 133 cm³/mol. The van der Waals surface area contributed by atoms with Crippen LogP contribution >= 0.6 is 0 Å². The highest BCUT2D eigenvalue weighted by Gasteiger charge is 2.36. The van der Waals surface area contributed by atoms with Crippen LogP contribution in [0.25, 0.3) is 0 Å². The maximum Gasteiger partial charge on any atom is 0.264 e. The third-order valence-corrected chi connectivity index (χ3v) is 8.22. The number of carbonyl (C=O) groups excluding carboxylic acids is 1. The summed E-state index contributed by atoms with van der Waals surface area (Å²) in [7, 11) is -3.81. The van der Waals surface area contributed by atoms with Gasteiger partial charge in [0.05, 0.1) is 23.8 Å². The molecular formula is C26H27N3O4S. The molecule has 1 atom stereocenters. The highest BCUT2D eigenvalue weighted by atomic mass is 32.2. The van der Waals surface area contributed by atoms with Crippen molar-refractivity contribution in [3.05, 3.63) is 83.9 Å². The molecule has 0 aromatic heterocycles. The van der Waals surface area contributed by atoms with E-state index in [1.54, 1.807) is 12.1 Å². The van der Waals surface area contributed by atoms with Crippen LogP contribution < -0.4 is 14.5 Å². The van der Waals surface area contributed by atoms with Crippen LogP contribution in [0.1, 0.15) is 22.8 Å². The summed E-state index contributed by atoms with van der Waals surface area (Å²) in [5.41, 5.74) is 3.73. The van der Waals surface area contributed by atoms with E-state index >= 15 is 0 Å². The summed E-state index contributed by atoms with van der Waals surface area (Å²) in [4.78, 5) is 15.3. The number of benzene rings is 3. The summed E-state index contributed by atoms with van der Waals surface area (Å²) in [6, 6.07) is 21.2. The Labute approximate surface area is 200 Å². The lowest BCUT2D eigenvalue weighted by atomic mass is 10.1. The van der Waals surface area contributed by atoms with Gasteiger partial charge >= 0.3 is 0 Å². The van der Waals surface area contributed by atoms with Crippen molar-refractivity contribution in [2.45, 2.75) is 24.3 Å². The first-order valence-electron chi connectivity index (χ1n) is 11.4. The van der Waals surface area contributed by atoms with Crippen LogP contribution in [-0.4, -0.2) is 46.7 Å². The second-order valence-electron chi connectivity index (χ2n) is 8.61. The zero-order valence-corrected chi connectivity index (χ0v) is 19.8. The Hall–Kier alpha value is -3.36. The number of nitrogens with zero attached hydrogens (tertiary/aromatic N) is 2. The first-order chi connectivity index (χ1) is 16.4. The van der Waals surface area contributed by atoms with Crippen molar-refractivity contribution in [1.29, 1.82) is 0 Å². The smallest absolute Gasteiger partial charge is 0.264 e. The molecule has 0 spiro atoms. The molecule has 1 saturated heterocycles. The zero-order chi connectivity index (χ0) is 23.7. The van der Waals surface area contributed by atoms with E-state index in [9.17, 15) is 13.2 Å². The molecule has 7 nitrogen and oxygen atoms in total. The molecule has 0 bridgehead atoms. The summed E-state index contributed by atoms with van der Waals surface area (Å²) in [6.45, 7) is 4.99. The van der Waals surface area contributed by atoms with Crippen molar-refractivity contribution < 1.29 is 17.9 Å². The molecule has 176 valence electrons. The SMILES string of the molecule is C[C@H]1Cc2ccccc2N1S(=O)(=O)c1cccc(C(=O)Nc2ccc(N3CCOCC3)cc2)c1. The van der Waals surface area contributed by atoms with E-state index in [4.69, 9.17) is 4.74 Å². The summed E-state index contributed by atoms with van der Waals surface area (Å²) < 4.78 is 33.9. The van der Waals surface area contributed by atoms with Crippen LogP contribution in [0.5, 0.6) is 0 Å². The van der Waals surface area contributed by atoms with E-state index in [0.717, 1.165) is 24.3 Å². The van der Waals surface area contributed by atoms with Gasteiger partial charge < -0.3 is 15.0 Å². The Balaban J connectivity index is 1.34. The van der Waals surface area contributed by atoms with Crippen LogP contribution in [0.3, 0.4) is 0 Å². The van der Waals surface area contributed by atoms with Gasteiger partial charge in [0.25, 0.3) is 15.9 Å². The number of para-hydroxylation sites is 1. The number of hydrogen-bond donors (Lipinski definition) is 1. The predicted octanol–water partition coefficient (Wildman–Crippen LogP) is 3.92. The molecule has 0 saturated carbocycles. The molecule has 2 aliphatic heterocycles. The second kappa shape index (κ2) is 9.12. The molecule has 0 radical (unpaired) electrons. The second-order valence-corrected chi connectivity index (χ2v) is 10.4. The molecule has 1 amide bonds. The van der Waals surface area contributed by atoms with Crippen LogP contribution in [0.15, 0.2) is 77.7 Å². The average Bonchev–Trinajstić information content (AvgIpc) is 3.21. The molecule has 3 aromatic rings. The summed E-state index contributed by atoms with van der Waals surface area (Å²) in [5.74, 6) is -0.356. The lowest BCUT2D eigenvalue weighted by molar-refractivity contribution is 0.102. The molecule has 0 unspecified atom stereocenters. The zero-order valence-electron chi connectivity index (χ0n) is 19.0. The van der Waals surface area contributed by atoms with Crippen LogP contribution in [0, 0.1) is 0 Å². The molecule has 2 heterocycles. The van der Waals surface area contributed by atoms with E-state index in [1.807, 2.05) is 55.5 Å². The fourth-order valence-corrected chi connectivity index (χ4v) is 6.33. The minimum Gasteiger partial charge on any atom is -0.378 e. The van der Waals surface area contributed by atoms with Crippen molar-refractivity contribution in [3.63, 3.8) is 0 Å². The number of rotatable bonds is 5. The van der Waals surface area contributed by atoms with Crippen molar-refractivity contribution in [3.8, 4) is 0 Å². The standard InChI is InChI=1S/C26H27N3O4S/c1-19-17-20-5-2-3-8-25(20)29(19)34(31,32)24-7-4-6-21(18-24)26(30)27-22-9-11-23(12-10-22)28-13-15-33-16-14-28/h2-12,18-19H,13-17H2,1H3,(H,27,30)/t19-/m0/s1. The third kappa shape index (κ3) is 4.26. The van der Waals surface area contributed by atoms with E-state index in [0.29, 0.717) is 36.6 Å². The molecule has 3 aromatic carbocycles. The van der Waals surface area contributed by atoms with Gasteiger partial charge in [-0.15, -0.1) is 0 Å². The van der Waals surface area contributed by atoms with Gasteiger partial charge in [-0.2, -0.15) is 0 Å². The third-order valence-electron chi connectivity index (χ3n) is 6.30. The van der Waals surface area contributed by atoms with Crippen molar-refractivity contribution in [1.82, 2.24) is 0 Å². The van der Waals surface area contributed by atoms with Gasteiger partial charge in [-0.05, 0) is 67.4 Å². The van der Waals surface area contributed by atoms with Crippen LogP contribution in [0.2, 0.25) is 0 Å². The van der Waals surface area contributed by atoms with Gasteiger partial charge in [-0.3, -0.25) is 9.10 Å². The van der Waals surface area contributed by atoms with Gasteiger partial charge in [0.1, 0.15) is 0 Å². The van der Waals surface area contributed by atoms with E-state index < -0.39 is 10.0 Å². The number of sulfonamides is 1. The Morgan fingerprint density at radius 3 is 2.47 bits per heavy atom. The monoisotopic (exact) mass is 477 g/mol. The highest BCUT2D eigenvalue weighted by molar-refractivity contribution is 7.92. The quantitative estimate of drug-likeness (QED) is 0.603. The number of fused-ring (bicyclic) bond motifs is 1. The van der Waals surface area contributed by atoms with Gasteiger partial charge in [-0.25, -0.2) is 8.42 Å². The number of morpholine rings is 1. The Morgan fingerprint density at radius 2 is 1.71 bits per heavy atom. The van der Waals surface area contributed by atoms with Crippen LogP contribution in [-0.2, 0) is 21.2 Å². The molecule has 1 N–H and O–H groups in total. The topological polar surface area (TPSA) is 79.0 Å². The molecule has 2 aliphatic rings. The van der Waals surface area contributed by atoms with Gasteiger partial charge in [-0.1, -0.05) is 24.3 Å². The number of ether oxygens (including phenoxy) is 1. The van der Waals surface area contributed by atoms with Crippen molar-refractivity contribution >= 4 is 33.0 Å². The van der Waals surface area contributed by atoms with Gasteiger partial charge in [0, 0.05) is 36.1 Å². The first kappa shape index (κ1) is 22.4. The average molecular weight is 478 g/mol.